The van der Waals surface area contributed by atoms with Gasteiger partial charge in [0.25, 0.3) is 0 Å². The Morgan fingerprint density at radius 3 is 2.62 bits per heavy atom. The molecule has 6 heteroatoms. The molecule has 1 aromatic heterocycles. The number of ether oxygens (including phenoxy) is 1. The number of carbonyl (C=O) groups excluding carboxylic acids is 1. The zero-order chi connectivity index (χ0) is 17.5. The van der Waals surface area contributed by atoms with Crippen LogP contribution in [0.4, 0.5) is 0 Å². The van der Waals surface area contributed by atoms with E-state index in [1.165, 1.54) is 13.2 Å². The molecular weight excluding hydrogens is 310 g/mol. The summed E-state index contributed by atoms with van der Waals surface area (Å²) in [6, 6.07) is 11.1. The molecule has 0 fully saturated rings. The zero-order valence-electron chi connectivity index (χ0n) is 13.8. The lowest BCUT2D eigenvalue weighted by Gasteiger charge is -2.24. The highest BCUT2D eigenvalue weighted by Crippen LogP contribution is 2.13. The van der Waals surface area contributed by atoms with Crippen molar-refractivity contribution in [3.63, 3.8) is 0 Å². The second kappa shape index (κ2) is 8.31. The SMILES string of the molecule is COC(=O)C(C)CN(Cc1ccccc1)Cc1cc(=O)c(O)co1. The summed E-state index contributed by atoms with van der Waals surface area (Å²) in [6.45, 7) is 3.17. The molecule has 0 aliphatic carbocycles. The first-order valence-corrected chi connectivity index (χ1v) is 7.64. The van der Waals surface area contributed by atoms with Crippen LogP contribution < -0.4 is 5.43 Å². The first-order valence-electron chi connectivity index (χ1n) is 7.64. The van der Waals surface area contributed by atoms with Gasteiger partial charge in [-0.15, -0.1) is 0 Å². The highest BCUT2D eigenvalue weighted by molar-refractivity contribution is 5.72. The number of aromatic hydroxyl groups is 1. The fraction of sp³-hybridized carbons (Fsp3) is 0.333. The van der Waals surface area contributed by atoms with Gasteiger partial charge in [0.1, 0.15) is 12.0 Å². The molecule has 6 nitrogen and oxygen atoms in total. The standard InChI is InChI=1S/C18H21NO5/c1-13(18(22)23-2)9-19(10-14-6-4-3-5-7-14)11-15-8-16(20)17(21)12-24-15/h3-8,12-13,21H,9-11H2,1-2H3. The van der Waals surface area contributed by atoms with E-state index in [-0.39, 0.29) is 11.9 Å². The molecule has 1 unspecified atom stereocenters. The van der Waals surface area contributed by atoms with Crippen LogP contribution in [0.25, 0.3) is 0 Å². The number of benzene rings is 1. The summed E-state index contributed by atoms with van der Waals surface area (Å²) in [5.41, 5.74) is 0.590. The van der Waals surface area contributed by atoms with Crippen molar-refractivity contribution in [2.45, 2.75) is 20.0 Å². The highest BCUT2D eigenvalue weighted by atomic mass is 16.5. The van der Waals surface area contributed by atoms with Crippen LogP contribution in [-0.4, -0.2) is 29.6 Å². The molecule has 0 saturated carbocycles. The first kappa shape index (κ1) is 17.7. The van der Waals surface area contributed by atoms with E-state index < -0.39 is 11.2 Å². The van der Waals surface area contributed by atoms with Crippen molar-refractivity contribution in [3.8, 4) is 5.75 Å². The lowest BCUT2D eigenvalue weighted by atomic mass is 10.1. The number of methoxy groups -OCH3 is 1. The Hall–Kier alpha value is -2.60. The quantitative estimate of drug-likeness (QED) is 0.783. The fourth-order valence-corrected chi connectivity index (χ4v) is 2.44. The van der Waals surface area contributed by atoms with Crippen molar-refractivity contribution in [2.75, 3.05) is 13.7 Å². The van der Waals surface area contributed by atoms with Crippen LogP contribution in [0, 0.1) is 5.92 Å². The van der Waals surface area contributed by atoms with Crippen molar-refractivity contribution in [1.29, 1.82) is 0 Å². The molecule has 128 valence electrons. The van der Waals surface area contributed by atoms with Crippen LogP contribution in [0.5, 0.6) is 5.75 Å². The van der Waals surface area contributed by atoms with Gasteiger partial charge in [-0.2, -0.15) is 0 Å². The van der Waals surface area contributed by atoms with Crippen molar-refractivity contribution in [3.05, 3.63) is 64.2 Å². The summed E-state index contributed by atoms with van der Waals surface area (Å²) in [4.78, 5) is 25.2. The van der Waals surface area contributed by atoms with Gasteiger partial charge in [0.15, 0.2) is 5.75 Å². The summed E-state index contributed by atoms with van der Waals surface area (Å²) in [5, 5.41) is 9.28. The largest absolute Gasteiger partial charge is 0.502 e. The van der Waals surface area contributed by atoms with Crippen LogP contribution in [0.15, 0.2) is 51.9 Å². The fourth-order valence-electron chi connectivity index (χ4n) is 2.44. The first-order chi connectivity index (χ1) is 11.5. The Labute approximate surface area is 140 Å². The second-order valence-electron chi connectivity index (χ2n) is 5.68. The van der Waals surface area contributed by atoms with Gasteiger partial charge >= 0.3 is 5.97 Å². The van der Waals surface area contributed by atoms with Gasteiger partial charge in [-0.3, -0.25) is 14.5 Å². The Morgan fingerprint density at radius 1 is 1.29 bits per heavy atom. The van der Waals surface area contributed by atoms with Gasteiger partial charge in [-0.05, 0) is 5.56 Å². The maximum absolute atomic E-state index is 11.7. The second-order valence-corrected chi connectivity index (χ2v) is 5.68. The van der Waals surface area contributed by atoms with Crippen LogP contribution in [0.1, 0.15) is 18.2 Å². The average Bonchev–Trinajstić information content (AvgIpc) is 2.58. The normalized spacial score (nSPS) is 12.1. The monoisotopic (exact) mass is 331 g/mol. The summed E-state index contributed by atoms with van der Waals surface area (Å²) in [6.07, 6.45) is 1.03. The van der Waals surface area contributed by atoms with E-state index in [2.05, 4.69) is 0 Å². The van der Waals surface area contributed by atoms with E-state index in [9.17, 15) is 14.7 Å². The number of carbonyl (C=O) groups is 1. The highest BCUT2D eigenvalue weighted by Gasteiger charge is 2.19. The summed E-state index contributed by atoms with van der Waals surface area (Å²) in [7, 11) is 1.36. The number of rotatable bonds is 7. The van der Waals surface area contributed by atoms with E-state index in [0.29, 0.717) is 25.4 Å². The number of hydrogen-bond donors (Lipinski definition) is 1. The van der Waals surface area contributed by atoms with Crippen molar-refractivity contribution >= 4 is 5.97 Å². The molecule has 2 rings (SSSR count). The van der Waals surface area contributed by atoms with Crippen LogP contribution in [0.3, 0.4) is 0 Å². The van der Waals surface area contributed by atoms with Gasteiger partial charge in [0, 0.05) is 19.2 Å². The predicted octanol–water partition coefficient (Wildman–Crippen LogP) is 2.16. The number of hydrogen-bond acceptors (Lipinski definition) is 6. The molecule has 24 heavy (non-hydrogen) atoms. The number of nitrogens with zero attached hydrogens (tertiary/aromatic N) is 1. The van der Waals surface area contributed by atoms with E-state index >= 15 is 0 Å². The minimum absolute atomic E-state index is 0.291. The van der Waals surface area contributed by atoms with Gasteiger partial charge in [-0.25, -0.2) is 0 Å². The lowest BCUT2D eigenvalue weighted by Crippen LogP contribution is -2.32. The van der Waals surface area contributed by atoms with Crippen molar-refractivity contribution in [1.82, 2.24) is 4.90 Å². The molecule has 1 atom stereocenters. The minimum atomic E-state index is -0.489. The van der Waals surface area contributed by atoms with Gasteiger partial charge < -0.3 is 14.3 Å². The molecule has 1 aromatic carbocycles. The summed E-state index contributed by atoms with van der Waals surface area (Å²) >= 11 is 0. The van der Waals surface area contributed by atoms with E-state index in [0.717, 1.165) is 11.8 Å². The van der Waals surface area contributed by atoms with Crippen LogP contribution >= 0.6 is 0 Å². The zero-order valence-corrected chi connectivity index (χ0v) is 13.8. The van der Waals surface area contributed by atoms with E-state index in [1.807, 2.05) is 35.2 Å². The Bertz CT molecular complexity index is 726. The molecule has 0 saturated heterocycles. The molecule has 0 bridgehead atoms. The minimum Gasteiger partial charge on any atom is -0.502 e. The van der Waals surface area contributed by atoms with Crippen molar-refractivity contribution in [2.24, 2.45) is 5.92 Å². The van der Waals surface area contributed by atoms with Gasteiger partial charge in [0.2, 0.25) is 5.43 Å². The van der Waals surface area contributed by atoms with Crippen LogP contribution in [0.2, 0.25) is 0 Å². The topological polar surface area (TPSA) is 80.0 Å². The van der Waals surface area contributed by atoms with E-state index in [1.54, 1.807) is 6.92 Å². The smallest absolute Gasteiger partial charge is 0.309 e. The Morgan fingerprint density at radius 2 is 2.00 bits per heavy atom. The molecule has 2 aromatic rings. The molecular formula is C18H21NO5. The molecule has 0 aliphatic rings. The molecule has 0 amide bonds. The lowest BCUT2D eigenvalue weighted by molar-refractivity contribution is -0.145. The predicted molar refractivity (Wildman–Crippen MR) is 88.4 cm³/mol. The molecule has 0 radical (unpaired) electrons. The maximum atomic E-state index is 11.7. The molecule has 0 aliphatic heterocycles. The Balaban J connectivity index is 2.16. The molecule has 0 spiro atoms. The van der Waals surface area contributed by atoms with Gasteiger partial charge in [0.05, 0.1) is 19.6 Å². The third-order valence-corrected chi connectivity index (χ3v) is 3.63. The number of esters is 1. The Kier molecular flexibility index (Phi) is 6.14. The van der Waals surface area contributed by atoms with Crippen LogP contribution in [-0.2, 0) is 22.6 Å². The average molecular weight is 331 g/mol. The maximum Gasteiger partial charge on any atom is 0.309 e. The third kappa shape index (κ3) is 4.96. The van der Waals surface area contributed by atoms with Gasteiger partial charge in [-0.1, -0.05) is 37.3 Å². The summed E-state index contributed by atoms with van der Waals surface area (Å²) in [5.74, 6) is -0.607. The van der Waals surface area contributed by atoms with Crippen molar-refractivity contribution < 1.29 is 19.1 Å². The van der Waals surface area contributed by atoms with E-state index in [4.69, 9.17) is 9.15 Å². The summed E-state index contributed by atoms with van der Waals surface area (Å²) < 4.78 is 10.0. The molecule has 1 N–H and O–H groups in total. The molecule has 1 heterocycles. The third-order valence-electron chi connectivity index (χ3n) is 3.63.